The minimum Gasteiger partial charge on any atom is -0.490 e. The van der Waals surface area contributed by atoms with E-state index < -0.39 is 17.6 Å². The molecule has 0 bridgehead atoms. The molecule has 3 heterocycles. The van der Waals surface area contributed by atoms with Gasteiger partial charge in [0.1, 0.15) is 29.0 Å². The molecular weight excluding hydrogens is 618 g/mol. The normalized spacial score (nSPS) is 17.0. The number of H-pyrrole nitrogens is 1. The first kappa shape index (κ1) is 32.7. The molecule has 6 rings (SSSR count). The lowest BCUT2D eigenvalue weighted by Gasteiger charge is -2.44. The molecule has 2 fully saturated rings. The number of carbonyl (C=O) groups is 1. The fraction of sp³-hybridized carbons (Fsp3) is 0.441. The summed E-state index contributed by atoms with van der Waals surface area (Å²) in [5.74, 6) is -0.132. The van der Waals surface area contributed by atoms with E-state index in [9.17, 15) is 22.4 Å². The molecule has 1 saturated carbocycles. The highest BCUT2D eigenvalue weighted by molar-refractivity contribution is 5.91. The number of hydrogen-bond acceptors (Lipinski definition) is 8. The van der Waals surface area contributed by atoms with Crippen molar-refractivity contribution < 1.29 is 36.7 Å². The molecule has 0 atom stereocenters. The Hall–Kier alpha value is -4.23. The van der Waals surface area contributed by atoms with E-state index in [4.69, 9.17) is 19.3 Å². The molecule has 4 aromatic rings. The molecule has 13 heteroatoms. The number of fused-ring (bicyclic) bond motifs is 1. The van der Waals surface area contributed by atoms with E-state index in [1.165, 1.54) is 6.92 Å². The molecule has 1 aliphatic carbocycles. The number of imidazole rings is 1. The summed E-state index contributed by atoms with van der Waals surface area (Å²) in [6.07, 6.45) is -0.211. The van der Waals surface area contributed by atoms with Crippen LogP contribution in [0.4, 0.5) is 23.2 Å². The third-order valence-corrected chi connectivity index (χ3v) is 8.90. The van der Waals surface area contributed by atoms with Crippen molar-refractivity contribution in [3.63, 3.8) is 0 Å². The number of hydrogen-bond donors (Lipinski definition) is 1. The number of aromatic amines is 1. The predicted octanol–water partition coefficient (Wildman–Crippen LogP) is 7.02. The lowest BCUT2D eigenvalue weighted by Crippen LogP contribution is -2.44. The van der Waals surface area contributed by atoms with Gasteiger partial charge in [0.25, 0.3) is 0 Å². The van der Waals surface area contributed by atoms with Crippen LogP contribution in [0.2, 0.25) is 0 Å². The minimum absolute atomic E-state index is 0.00821. The summed E-state index contributed by atoms with van der Waals surface area (Å²) in [7, 11) is 3.60. The van der Waals surface area contributed by atoms with Gasteiger partial charge in [0.05, 0.1) is 23.6 Å². The predicted molar refractivity (Wildman–Crippen MR) is 168 cm³/mol. The quantitative estimate of drug-likeness (QED) is 0.182. The average molecular weight is 656 g/mol. The zero-order valence-corrected chi connectivity index (χ0v) is 26.5. The number of carbonyl (C=O) groups excluding carboxylic acids is 1. The Morgan fingerprint density at radius 2 is 1.79 bits per heavy atom. The topological polar surface area (TPSA) is 92.8 Å². The Morgan fingerprint density at radius 3 is 2.40 bits per heavy atom. The second kappa shape index (κ2) is 13.1. The molecule has 0 unspecified atom stereocenters. The number of hydroxylamine groups is 2. The SMILES string of the molecule is COCC1(CN(C)c2cc(-c3cc(F)cc(C(F)(F)F)c3)nc3nc(-c4ccc(OC5CCN(OC(C)=O)CC5)cc4)[nH]c23)CCC1. The maximum absolute atomic E-state index is 14.4. The number of piperidine rings is 1. The molecule has 0 amide bonds. The first-order chi connectivity index (χ1) is 22.4. The van der Waals surface area contributed by atoms with Crippen LogP contribution in [0.5, 0.6) is 5.75 Å². The van der Waals surface area contributed by atoms with Crippen molar-refractivity contribution in [3.05, 3.63) is 59.9 Å². The van der Waals surface area contributed by atoms with Crippen LogP contribution in [-0.2, 0) is 20.5 Å². The number of nitrogens with one attached hydrogen (secondary N) is 1. The number of alkyl halides is 3. The van der Waals surface area contributed by atoms with Gasteiger partial charge < -0.3 is 24.2 Å². The van der Waals surface area contributed by atoms with Gasteiger partial charge in [0, 0.05) is 70.1 Å². The van der Waals surface area contributed by atoms with Crippen molar-refractivity contribution in [2.24, 2.45) is 5.41 Å². The molecule has 250 valence electrons. The number of benzene rings is 2. The van der Waals surface area contributed by atoms with Gasteiger partial charge >= 0.3 is 12.1 Å². The average Bonchev–Trinajstić information content (AvgIpc) is 3.44. The summed E-state index contributed by atoms with van der Waals surface area (Å²) in [6, 6.07) is 11.6. The van der Waals surface area contributed by atoms with Crippen molar-refractivity contribution in [3.8, 4) is 28.4 Å². The second-order valence-electron chi connectivity index (χ2n) is 12.5. The Morgan fingerprint density at radius 1 is 1.06 bits per heavy atom. The lowest BCUT2D eigenvalue weighted by molar-refractivity contribution is -0.195. The van der Waals surface area contributed by atoms with Crippen molar-refractivity contribution in [1.82, 2.24) is 20.0 Å². The third kappa shape index (κ3) is 7.36. The van der Waals surface area contributed by atoms with Crippen LogP contribution in [0.15, 0.2) is 48.5 Å². The third-order valence-electron chi connectivity index (χ3n) is 8.90. The van der Waals surface area contributed by atoms with Crippen molar-refractivity contribution >= 4 is 22.8 Å². The zero-order valence-electron chi connectivity index (χ0n) is 26.5. The molecule has 0 radical (unpaired) electrons. The highest BCUT2D eigenvalue weighted by atomic mass is 19.4. The Balaban J connectivity index is 1.30. The Bertz CT molecular complexity index is 1730. The number of methoxy groups -OCH3 is 1. The summed E-state index contributed by atoms with van der Waals surface area (Å²) in [4.78, 5) is 31.1. The van der Waals surface area contributed by atoms with E-state index in [2.05, 4.69) is 9.97 Å². The van der Waals surface area contributed by atoms with Gasteiger partial charge in [-0.15, -0.1) is 5.06 Å². The molecule has 9 nitrogen and oxygen atoms in total. The fourth-order valence-corrected chi connectivity index (χ4v) is 6.48. The van der Waals surface area contributed by atoms with E-state index >= 15 is 0 Å². The lowest BCUT2D eigenvalue weighted by atomic mass is 9.69. The van der Waals surface area contributed by atoms with Gasteiger partial charge in [0.2, 0.25) is 0 Å². The molecule has 1 N–H and O–H groups in total. The molecule has 2 aromatic carbocycles. The maximum Gasteiger partial charge on any atom is 0.416 e. The van der Waals surface area contributed by atoms with E-state index in [0.717, 1.165) is 37.0 Å². The molecule has 2 aliphatic rings. The standard InChI is InChI=1S/C34H37F4N5O4/c1-21(44)47-43-13-9-27(10-14-43)46-26-7-5-22(6-8-26)31-40-30-29(42(2)19-33(20-45-3)11-4-12-33)18-28(39-32(30)41-31)23-15-24(34(36,37)38)17-25(35)16-23/h5-8,15-18,27H,4,9-14,19-20H2,1-3H3,(H,39,40,41). The maximum atomic E-state index is 14.4. The van der Waals surface area contributed by atoms with Crippen LogP contribution < -0.4 is 9.64 Å². The van der Waals surface area contributed by atoms with Gasteiger partial charge in [0.15, 0.2) is 5.65 Å². The zero-order chi connectivity index (χ0) is 33.3. The van der Waals surface area contributed by atoms with E-state index in [0.29, 0.717) is 73.6 Å². The van der Waals surface area contributed by atoms with Crippen LogP contribution in [0.3, 0.4) is 0 Å². The second-order valence-corrected chi connectivity index (χ2v) is 12.5. The summed E-state index contributed by atoms with van der Waals surface area (Å²) >= 11 is 0. The van der Waals surface area contributed by atoms with Gasteiger partial charge in [-0.25, -0.2) is 14.4 Å². The van der Waals surface area contributed by atoms with E-state index in [-0.39, 0.29) is 28.7 Å². The van der Waals surface area contributed by atoms with Gasteiger partial charge in [-0.05, 0) is 61.4 Å². The number of aromatic nitrogens is 3. The van der Waals surface area contributed by atoms with Crippen molar-refractivity contribution in [1.29, 1.82) is 0 Å². The van der Waals surface area contributed by atoms with Crippen molar-refractivity contribution in [2.45, 2.75) is 51.3 Å². The summed E-state index contributed by atoms with van der Waals surface area (Å²) in [6.45, 7) is 3.80. The number of pyridine rings is 1. The number of nitrogens with zero attached hydrogens (tertiary/aromatic N) is 4. The highest BCUT2D eigenvalue weighted by Crippen LogP contribution is 2.43. The van der Waals surface area contributed by atoms with E-state index in [1.807, 2.05) is 36.2 Å². The molecule has 0 spiro atoms. The molecule has 47 heavy (non-hydrogen) atoms. The minimum atomic E-state index is -4.71. The molecule has 2 aromatic heterocycles. The first-order valence-electron chi connectivity index (χ1n) is 15.6. The van der Waals surface area contributed by atoms with Gasteiger partial charge in [-0.2, -0.15) is 13.2 Å². The first-order valence-corrected chi connectivity index (χ1v) is 15.6. The smallest absolute Gasteiger partial charge is 0.416 e. The molecule has 1 saturated heterocycles. The highest BCUT2D eigenvalue weighted by Gasteiger charge is 2.38. The number of ether oxygens (including phenoxy) is 2. The summed E-state index contributed by atoms with van der Waals surface area (Å²) < 4.78 is 66.9. The van der Waals surface area contributed by atoms with E-state index in [1.54, 1.807) is 18.2 Å². The van der Waals surface area contributed by atoms with Crippen LogP contribution >= 0.6 is 0 Å². The summed E-state index contributed by atoms with van der Waals surface area (Å²) in [5.41, 5.74) is 1.42. The number of anilines is 1. The Labute approximate surface area is 269 Å². The number of halogens is 4. The molecule has 1 aliphatic heterocycles. The van der Waals surface area contributed by atoms with Crippen LogP contribution in [0.1, 0.15) is 44.6 Å². The van der Waals surface area contributed by atoms with Gasteiger partial charge in [-0.3, -0.25) is 4.79 Å². The van der Waals surface area contributed by atoms with Crippen LogP contribution in [0.25, 0.3) is 33.8 Å². The fourth-order valence-electron chi connectivity index (χ4n) is 6.48. The van der Waals surface area contributed by atoms with Crippen LogP contribution in [-0.4, -0.2) is 72.5 Å². The number of rotatable bonds is 10. The van der Waals surface area contributed by atoms with Crippen LogP contribution in [0, 0.1) is 11.2 Å². The largest absolute Gasteiger partial charge is 0.490 e. The molecular formula is C34H37F4N5O4. The monoisotopic (exact) mass is 655 g/mol. The van der Waals surface area contributed by atoms with Crippen molar-refractivity contribution in [2.75, 3.05) is 45.3 Å². The summed E-state index contributed by atoms with van der Waals surface area (Å²) in [5, 5.41) is 1.64. The Kier molecular flexibility index (Phi) is 9.12. The van der Waals surface area contributed by atoms with Gasteiger partial charge in [-0.1, -0.05) is 6.42 Å².